The number of carbonyl (C=O) groups excluding carboxylic acids is 1. The van der Waals surface area contributed by atoms with Crippen molar-refractivity contribution < 1.29 is 15.0 Å². The number of carbonyl (C=O) groups is 1. The van der Waals surface area contributed by atoms with Crippen LogP contribution in [-0.4, -0.2) is 41.9 Å². The Labute approximate surface area is 112 Å². The smallest absolute Gasteiger partial charge is 0.251 e. The highest BCUT2D eigenvalue weighted by Gasteiger charge is 2.24. The van der Waals surface area contributed by atoms with Crippen LogP contribution in [-0.2, 0) is 0 Å². The summed E-state index contributed by atoms with van der Waals surface area (Å²) in [7, 11) is 1.71. The van der Waals surface area contributed by atoms with Crippen LogP contribution in [0.15, 0.2) is 24.3 Å². The normalized spacial score (nSPS) is 17.8. The minimum Gasteiger partial charge on any atom is -0.389 e. The molecular weight excluding hydrogens is 244 g/mol. The number of hydrogen-bond acceptors (Lipinski definition) is 4. The highest BCUT2D eigenvalue weighted by Crippen LogP contribution is 2.20. The van der Waals surface area contributed by atoms with Gasteiger partial charge in [-0.15, -0.1) is 0 Å². The maximum atomic E-state index is 11.8. The molecule has 0 heterocycles. The zero-order valence-electron chi connectivity index (χ0n) is 11.0. The van der Waals surface area contributed by atoms with Crippen LogP contribution < -0.4 is 10.6 Å². The van der Waals surface area contributed by atoms with Crippen molar-refractivity contribution in [1.29, 1.82) is 0 Å². The third-order valence-corrected chi connectivity index (χ3v) is 3.20. The standard InChI is InChI=1S/C14H20N2O3/c1-15-8-12(17)13(18)9-2-4-10(5-3-9)14(19)16-11-6-7-11/h2-5,11-13,15,17-18H,6-8H2,1H3,(H,16,19). The van der Waals surface area contributed by atoms with Crippen LogP contribution in [0, 0.1) is 0 Å². The number of likely N-dealkylation sites (N-methyl/N-ethyl adjacent to an activating group) is 1. The van der Waals surface area contributed by atoms with Gasteiger partial charge in [0, 0.05) is 18.2 Å². The molecule has 5 nitrogen and oxygen atoms in total. The third-order valence-electron chi connectivity index (χ3n) is 3.20. The molecule has 4 N–H and O–H groups in total. The van der Waals surface area contributed by atoms with Crippen molar-refractivity contribution >= 4 is 5.91 Å². The molecule has 0 spiro atoms. The Balaban J connectivity index is 1.98. The zero-order chi connectivity index (χ0) is 13.8. The molecule has 0 bridgehead atoms. The first-order valence-electron chi connectivity index (χ1n) is 6.53. The summed E-state index contributed by atoms with van der Waals surface area (Å²) in [5, 5.41) is 25.3. The van der Waals surface area contributed by atoms with E-state index in [0.29, 0.717) is 23.7 Å². The number of aliphatic hydroxyl groups is 2. The maximum absolute atomic E-state index is 11.8. The van der Waals surface area contributed by atoms with Gasteiger partial charge in [-0.2, -0.15) is 0 Å². The average Bonchev–Trinajstić information content (AvgIpc) is 3.22. The van der Waals surface area contributed by atoms with Crippen molar-refractivity contribution in [3.8, 4) is 0 Å². The number of aliphatic hydroxyl groups excluding tert-OH is 2. The van der Waals surface area contributed by atoms with Gasteiger partial charge in [0.25, 0.3) is 5.91 Å². The minimum atomic E-state index is -0.951. The van der Waals surface area contributed by atoms with Crippen molar-refractivity contribution in [3.05, 3.63) is 35.4 Å². The van der Waals surface area contributed by atoms with Crippen molar-refractivity contribution in [3.63, 3.8) is 0 Å². The molecule has 0 aliphatic heterocycles. The zero-order valence-corrected chi connectivity index (χ0v) is 11.0. The quantitative estimate of drug-likeness (QED) is 0.591. The lowest BCUT2D eigenvalue weighted by Gasteiger charge is -2.18. The van der Waals surface area contributed by atoms with E-state index in [2.05, 4.69) is 10.6 Å². The Kier molecular flexibility index (Phi) is 4.52. The fourth-order valence-electron chi connectivity index (χ4n) is 1.87. The van der Waals surface area contributed by atoms with E-state index in [1.807, 2.05) is 0 Å². The van der Waals surface area contributed by atoms with E-state index in [9.17, 15) is 15.0 Å². The molecule has 2 unspecified atom stereocenters. The summed E-state index contributed by atoms with van der Waals surface area (Å²) < 4.78 is 0. The molecule has 2 atom stereocenters. The second-order valence-electron chi connectivity index (χ2n) is 4.94. The molecule has 1 aliphatic carbocycles. The van der Waals surface area contributed by atoms with Gasteiger partial charge in [0.05, 0.1) is 6.10 Å². The van der Waals surface area contributed by atoms with E-state index in [-0.39, 0.29) is 5.91 Å². The summed E-state index contributed by atoms with van der Waals surface area (Å²) in [6.07, 6.45) is 0.293. The number of benzene rings is 1. The lowest BCUT2D eigenvalue weighted by molar-refractivity contribution is 0.0202. The van der Waals surface area contributed by atoms with Crippen molar-refractivity contribution in [2.24, 2.45) is 0 Å². The molecule has 1 amide bonds. The van der Waals surface area contributed by atoms with Crippen LogP contribution in [0.3, 0.4) is 0 Å². The number of nitrogens with one attached hydrogen (secondary N) is 2. The summed E-state index contributed by atoms with van der Waals surface area (Å²) in [5.41, 5.74) is 1.18. The van der Waals surface area contributed by atoms with Gasteiger partial charge in [-0.1, -0.05) is 12.1 Å². The van der Waals surface area contributed by atoms with E-state index in [1.54, 1.807) is 31.3 Å². The summed E-state index contributed by atoms with van der Waals surface area (Å²) in [5.74, 6) is -0.0840. The minimum absolute atomic E-state index is 0.0840. The van der Waals surface area contributed by atoms with Crippen LogP contribution in [0.5, 0.6) is 0 Å². The van der Waals surface area contributed by atoms with Crippen LogP contribution in [0.4, 0.5) is 0 Å². The fraction of sp³-hybridized carbons (Fsp3) is 0.500. The molecule has 19 heavy (non-hydrogen) atoms. The Hall–Kier alpha value is -1.43. The molecule has 5 heteroatoms. The first kappa shape index (κ1) is 14.0. The van der Waals surface area contributed by atoms with E-state index in [0.717, 1.165) is 12.8 Å². The Morgan fingerprint density at radius 1 is 1.32 bits per heavy atom. The maximum Gasteiger partial charge on any atom is 0.251 e. The van der Waals surface area contributed by atoms with E-state index in [1.165, 1.54) is 0 Å². The molecule has 0 radical (unpaired) electrons. The molecule has 1 aliphatic rings. The van der Waals surface area contributed by atoms with Crippen molar-refractivity contribution in [2.45, 2.75) is 31.1 Å². The lowest BCUT2D eigenvalue weighted by atomic mass is 10.0. The number of hydrogen-bond donors (Lipinski definition) is 4. The van der Waals surface area contributed by atoms with Gasteiger partial charge >= 0.3 is 0 Å². The lowest BCUT2D eigenvalue weighted by Crippen LogP contribution is -2.29. The van der Waals surface area contributed by atoms with Gasteiger partial charge in [-0.3, -0.25) is 4.79 Å². The molecular formula is C14H20N2O3. The largest absolute Gasteiger partial charge is 0.389 e. The molecule has 1 aromatic rings. The van der Waals surface area contributed by atoms with E-state index in [4.69, 9.17) is 0 Å². The van der Waals surface area contributed by atoms with Crippen LogP contribution in [0.2, 0.25) is 0 Å². The summed E-state index contributed by atoms with van der Waals surface area (Å²) >= 11 is 0. The number of amides is 1. The van der Waals surface area contributed by atoms with Gasteiger partial charge < -0.3 is 20.8 Å². The Bertz CT molecular complexity index is 429. The topological polar surface area (TPSA) is 81.6 Å². The second-order valence-corrected chi connectivity index (χ2v) is 4.94. The highest BCUT2D eigenvalue weighted by atomic mass is 16.3. The van der Waals surface area contributed by atoms with E-state index >= 15 is 0 Å². The molecule has 0 saturated heterocycles. The molecule has 1 fully saturated rings. The highest BCUT2D eigenvalue weighted by molar-refractivity contribution is 5.94. The molecule has 104 valence electrons. The Morgan fingerprint density at radius 2 is 1.95 bits per heavy atom. The van der Waals surface area contributed by atoms with Gasteiger partial charge in [0.2, 0.25) is 0 Å². The number of rotatable bonds is 6. The van der Waals surface area contributed by atoms with Crippen molar-refractivity contribution in [2.75, 3.05) is 13.6 Å². The summed E-state index contributed by atoms with van der Waals surface area (Å²) in [6, 6.07) is 7.01. The van der Waals surface area contributed by atoms with Gasteiger partial charge in [-0.05, 0) is 37.6 Å². The van der Waals surface area contributed by atoms with Crippen LogP contribution in [0.1, 0.15) is 34.9 Å². The van der Waals surface area contributed by atoms with Crippen LogP contribution >= 0.6 is 0 Å². The van der Waals surface area contributed by atoms with Gasteiger partial charge in [-0.25, -0.2) is 0 Å². The first-order chi connectivity index (χ1) is 9.11. The van der Waals surface area contributed by atoms with Gasteiger partial charge in [0.1, 0.15) is 6.10 Å². The molecule has 1 saturated carbocycles. The van der Waals surface area contributed by atoms with Crippen molar-refractivity contribution in [1.82, 2.24) is 10.6 Å². The molecule has 1 aromatic carbocycles. The predicted octanol–water partition coefficient (Wildman–Crippen LogP) is 0.192. The first-order valence-corrected chi connectivity index (χ1v) is 6.53. The predicted molar refractivity (Wildman–Crippen MR) is 71.8 cm³/mol. The van der Waals surface area contributed by atoms with Crippen LogP contribution in [0.25, 0.3) is 0 Å². The summed E-state index contributed by atoms with van der Waals surface area (Å²) in [6.45, 7) is 0.311. The van der Waals surface area contributed by atoms with E-state index < -0.39 is 12.2 Å². The Morgan fingerprint density at radius 3 is 2.47 bits per heavy atom. The van der Waals surface area contributed by atoms with Gasteiger partial charge in [0.15, 0.2) is 0 Å². The third kappa shape index (κ3) is 3.76. The average molecular weight is 264 g/mol. The molecule has 0 aromatic heterocycles. The monoisotopic (exact) mass is 264 g/mol. The molecule has 2 rings (SSSR count). The second kappa shape index (κ2) is 6.14. The SMILES string of the molecule is CNCC(O)C(O)c1ccc(C(=O)NC2CC2)cc1. The summed E-state index contributed by atoms with van der Waals surface area (Å²) in [4.78, 5) is 11.8. The fourth-order valence-corrected chi connectivity index (χ4v) is 1.87.